The predicted molar refractivity (Wildman–Crippen MR) is 71.4 cm³/mol. The highest BCUT2D eigenvalue weighted by Gasteiger charge is 2.30. The molecule has 17 heavy (non-hydrogen) atoms. The molecule has 102 valence electrons. The van der Waals surface area contributed by atoms with Crippen molar-refractivity contribution >= 4 is 10.0 Å². The van der Waals surface area contributed by atoms with Gasteiger partial charge in [0, 0.05) is 6.54 Å². The molecule has 0 radical (unpaired) electrons. The van der Waals surface area contributed by atoms with Gasteiger partial charge < -0.3 is 5.32 Å². The summed E-state index contributed by atoms with van der Waals surface area (Å²) in [5, 5.41) is 2.97. The molecule has 1 saturated heterocycles. The molecule has 4 nitrogen and oxygen atoms in total. The van der Waals surface area contributed by atoms with Gasteiger partial charge in [-0.15, -0.1) is 0 Å². The van der Waals surface area contributed by atoms with E-state index < -0.39 is 10.0 Å². The molecule has 0 aliphatic carbocycles. The van der Waals surface area contributed by atoms with E-state index in [9.17, 15) is 8.42 Å². The van der Waals surface area contributed by atoms with Gasteiger partial charge in [-0.3, -0.25) is 0 Å². The first-order chi connectivity index (χ1) is 7.76. The molecule has 0 spiro atoms. The number of hydrogen-bond acceptors (Lipinski definition) is 3. The fourth-order valence-corrected chi connectivity index (χ4v) is 3.38. The highest BCUT2D eigenvalue weighted by molar-refractivity contribution is 7.90. The summed E-state index contributed by atoms with van der Waals surface area (Å²) < 4.78 is 27.0. The average molecular weight is 262 g/mol. The molecule has 0 unspecified atom stereocenters. The van der Waals surface area contributed by atoms with Crippen LogP contribution in [0.1, 0.15) is 40.5 Å². The summed E-state index contributed by atoms with van der Waals surface area (Å²) in [4.78, 5) is 0. The lowest BCUT2D eigenvalue weighted by Gasteiger charge is -2.31. The molecule has 1 aliphatic rings. The zero-order valence-corrected chi connectivity index (χ0v) is 12.2. The standard InChI is InChI=1S/C12H26N2O2S/c1-10(2)12(3,4)9-14-17(15,16)11-5-7-13-8-6-11/h10-11,13-14H,5-9H2,1-4H3. The van der Waals surface area contributed by atoms with Crippen molar-refractivity contribution in [2.45, 2.75) is 45.8 Å². The summed E-state index contributed by atoms with van der Waals surface area (Å²) in [6.07, 6.45) is 1.44. The Morgan fingerprint density at radius 2 is 1.82 bits per heavy atom. The van der Waals surface area contributed by atoms with E-state index in [-0.39, 0.29) is 10.7 Å². The van der Waals surface area contributed by atoms with Gasteiger partial charge in [-0.25, -0.2) is 13.1 Å². The van der Waals surface area contributed by atoms with Crippen LogP contribution in [0.2, 0.25) is 0 Å². The summed E-state index contributed by atoms with van der Waals surface area (Å²) in [6.45, 7) is 10.6. The summed E-state index contributed by atoms with van der Waals surface area (Å²) >= 11 is 0. The normalized spacial score (nSPS) is 19.8. The third kappa shape index (κ3) is 4.23. The van der Waals surface area contributed by atoms with E-state index in [2.05, 4.69) is 37.7 Å². The van der Waals surface area contributed by atoms with Crippen LogP contribution in [0, 0.1) is 11.3 Å². The molecule has 0 atom stereocenters. The molecule has 1 fully saturated rings. The number of rotatable bonds is 5. The van der Waals surface area contributed by atoms with Crippen LogP contribution in [-0.4, -0.2) is 33.3 Å². The van der Waals surface area contributed by atoms with Gasteiger partial charge >= 0.3 is 0 Å². The number of nitrogens with one attached hydrogen (secondary N) is 2. The Balaban J connectivity index is 2.55. The monoisotopic (exact) mass is 262 g/mol. The lowest BCUT2D eigenvalue weighted by atomic mass is 9.81. The maximum absolute atomic E-state index is 12.1. The van der Waals surface area contributed by atoms with Crippen molar-refractivity contribution in [3.05, 3.63) is 0 Å². The minimum absolute atomic E-state index is 0.0000131. The lowest BCUT2D eigenvalue weighted by molar-refractivity contribution is 0.251. The van der Waals surface area contributed by atoms with Gasteiger partial charge in [0.2, 0.25) is 10.0 Å². The summed E-state index contributed by atoms with van der Waals surface area (Å²) in [5.41, 5.74) is -0.0000131. The molecule has 2 N–H and O–H groups in total. The maximum Gasteiger partial charge on any atom is 0.214 e. The first kappa shape index (κ1) is 14.9. The highest BCUT2D eigenvalue weighted by atomic mass is 32.2. The largest absolute Gasteiger partial charge is 0.317 e. The predicted octanol–water partition coefficient (Wildman–Crippen LogP) is 1.34. The van der Waals surface area contributed by atoms with Gasteiger partial charge in [0.05, 0.1) is 5.25 Å². The van der Waals surface area contributed by atoms with Crippen molar-refractivity contribution in [1.82, 2.24) is 10.0 Å². The van der Waals surface area contributed by atoms with Gasteiger partial charge in [-0.05, 0) is 37.3 Å². The van der Waals surface area contributed by atoms with Crippen LogP contribution in [0.15, 0.2) is 0 Å². The van der Waals surface area contributed by atoms with Crippen LogP contribution in [0.4, 0.5) is 0 Å². The van der Waals surface area contributed by atoms with Crippen LogP contribution in [0.5, 0.6) is 0 Å². The zero-order chi connectivity index (χ0) is 13.1. The Labute approximate surface area is 106 Å². The third-order valence-electron chi connectivity index (χ3n) is 4.02. The van der Waals surface area contributed by atoms with Crippen LogP contribution in [0.25, 0.3) is 0 Å². The van der Waals surface area contributed by atoms with Gasteiger partial charge in [0.15, 0.2) is 0 Å². The van der Waals surface area contributed by atoms with E-state index in [0.29, 0.717) is 12.5 Å². The van der Waals surface area contributed by atoms with Crippen LogP contribution < -0.4 is 10.0 Å². The second-order valence-electron chi connectivity index (χ2n) is 5.96. The Morgan fingerprint density at radius 3 is 2.29 bits per heavy atom. The third-order valence-corrected chi connectivity index (χ3v) is 5.91. The molecule has 0 bridgehead atoms. The second-order valence-corrected chi connectivity index (χ2v) is 8.00. The fourth-order valence-electron chi connectivity index (χ4n) is 1.71. The quantitative estimate of drug-likeness (QED) is 0.786. The minimum Gasteiger partial charge on any atom is -0.317 e. The van der Waals surface area contributed by atoms with Crippen molar-refractivity contribution in [3.63, 3.8) is 0 Å². The van der Waals surface area contributed by atoms with Crippen LogP contribution >= 0.6 is 0 Å². The maximum atomic E-state index is 12.1. The van der Waals surface area contributed by atoms with Crippen molar-refractivity contribution < 1.29 is 8.42 Å². The van der Waals surface area contributed by atoms with E-state index >= 15 is 0 Å². The molecule has 1 heterocycles. The summed E-state index contributed by atoms with van der Waals surface area (Å²) in [5.74, 6) is 0.457. The molecule has 5 heteroatoms. The number of sulfonamides is 1. The number of piperidine rings is 1. The summed E-state index contributed by atoms with van der Waals surface area (Å²) in [6, 6.07) is 0. The second kappa shape index (κ2) is 5.67. The van der Waals surface area contributed by atoms with Crippen molar-refractivity contribution in [3.8, 4) is 0 Å². The van der Waals surface area contributed by atoms with Crippen molar-refractivity contribution in [1.29, 1.82) is 0 Å². The molecule has 0 aromatic heterocycles. The molecule has 0 saturated carbocycles. The Bertz CT molecular complexity index is 330. The highest BCUT2D eigenvalue weighted by Crippen LogP contribution is 2.25. The van der Waals surface area contributed by atoms with E-state index in [0.717, 1.165) is 25.9 Å². The Hall–Kier alpha value is -0.130. The lowest BCUT2D eigenvalue weighted by Crippen LogP contribution is -2.45. The molecule has 0 aromatic carbocycles. The van der Waals surface area contributed by atoms with Crippen LogP contribution in [-0.2, 0) is 10.0 Å². The number of hydrogen-bond donors (Lipinski definition) is 2. The minimum atomic E-state index is -3.14. The van der Waals surface area contributed by atoms with E-state index in [1.807, 2.05) is 0 Å². The van der Waals surface area contributed by atoms with Crippen molar-refractivity contribution in [2.75, 3.05) is 19.6 Å². The fraction of sp³-hybridized carbons (Fsp3) is 1.00. The Morgan fingerprint density at radius 1 is 1.29 bits per heavy atom. The van der Waals surface area contributed by atoms with Gasteiger partial charge in [0.1, 0.15) is 0 Å². The molecule has 0 amide bonds. The topological polar surface area (TPSA) is 58.2 Å². The van der Waals surface area contributed by atoms with E-state index in [4.69, 9.17) is 0 Å². The van der Waals surface area contributed by atoms with E-state index in [1.165, 1.54) is 0 Å². The SMILES string of the molecule is CC(C)C(C)(C)CNS(=O)(=O)C1CCNCC1. The molecule has 1 aliphatic heterocycles. The molecular weight excluding hydrogens is 236 g/mol. The van der Waals surface area contributed by atoms with Crippen molar-refractivity contribution in [2.24, 2.45) is 11.3 Å². The first-order valence-corrected chi connectivity index (χ1v) is 7.99. The summed E-state index contributed by atoms with van der Waals surface area (Å²) in [7, 11) is -3.14. The van der Waals surface area contributed by atoms with Crippen LogP contribution in [0.3, 0.4) is 0 Å². The molecule has 0 aromatic rings. The van der Waals surface area contributed by atoms with E-state index in [1.54, 1.807) is 0 Å². The van der Waals surface area contributed by atoms with Gasteiger partial charge in [-0.2, -0.15) is 0 Å². The van der Waals surface area contributed by atoms with Gasteiger partial charge in [0.25, 0.3) is 0 Å². The smallest absolute Gasteiger partial charge is 0.214 e. The Kier molecular flexibility index (Phi) is 4.98. The molecular formula is C12H26N2O2S. The average Bonchev–Trinajstić information content (AvgIpc) is 2.28. The van der Waals surface area contributed by atoms with Gasteiger partial charge in [-0.1, -0.05) is 27.7 Å². The zero-order valence-electron chi connectivity index (χ0n) is 11.4. The first-order valence-electron chi connectivity index (χ1n) is 6.45. The molecule has 1 rings (SSSR count).